The molecule has 0 bridgehead atoms. The number of methoxy groups -OCH3 is 1. The zero-order valence-corrected chi connectivity index (χ0v) is 10.7. The summed E-state index contributed by atoms with van der Waals surface area (Å²) in [6.07, 6.45) is -9.92. The highest BCUT2D eigenvalue weighted by molar-refractivity contribution is 6.06. The third-order valence-electron chi connectivity index (χ3n) is 2.68. The van der Waals surface area contributed by atoms with Crippen LogP contribution in [-0.2, 0) is 10.9 Å². The van der Waals surface area contributed by atoms with Gasteiger partial charge in [0, 0.05) is 10.9 Å². The average Bonchev–Trinajstić information content (AvgIpc) is 2.74. The monoisotopic (exact) mass is 327 g/mol. The van der Waals surface area contributed by atoms with Crippen LogP contribution in [-0.4, -0.2) is 24.4 Å². The largest absolute Gasteiger partial charge is 0.573 e. The van der Waals surface area contributed by atoms with E-state index in [1.807, 2.05) is 4.98 Å². The molecule has 1 N–H and O–H groups in total. The summed E-state index contributed by atoms with van der Waals surface area (Å²) in [5.74, 6) is -2.08. The molecule has 0 aliphatic carbocycles. The average molecular weight is 327 g/mol. The fraction of sp³-hybridized carbons (Fsp3) is 0.250. The predicted molar refractivity (Wildman–Crippen MR) is 61.3 cm³/mol. The van der Waals surface area contributed by atoms with E-state index in [0.29, 0.717) is 6.07 Å². The van der Waals surface area contributed by atoms with Gasteiger partial charge in [-0.15, -0.1) is 13.2 Å². The number of H-pyrrole nitrogens is 1. The second-order valence-electron chi connectivity index (χ2n) is 4.12. The van der Waals surface area contributed by atoms with Gasteiger partial charge in [-0.2, -0.15) is 13.2 Å². The first-order valence-electron chi connectivity index (χ1n) is 5.60. The minimum absolute atomic E-state index is 0.178. The molecule has 0 radical (unpaired) electrons. The van der Waals surface area contributed by atoms with Crippen molar-refractivity contribution < 1.29 is 40.6 Å². The minimum Gasteiger partial charge on any atom is -0.465 e. The van der Waals surface area contributed by atoms with E-state index in [9.17, 15) is 31.1 Å². The quantitative estimate of drug-likeness (QED) is 0.673. The third-order valence-corrected chi connectivity index (χ3v) is 2.68. The number of aromatic amines is 1. The van der Waals surface area contributed by atoms with Crippen LogP contribution in [0.25, 0.3) is 10.9 Å². The van der Waals surface area contributed by atoms with Crippen LogP contribution in [0.2, 0.25) is 0 Å². The van der Waals surface area contributed by atoms with Crippen molar-refractivity contribution in [2.24, 2.45) is 0 Å². The van der Waals surface area contributed by atoms with Crippen molar-refractivity contribution in [2.75, 3.05) is 7.11 Å². The minimum atomic E-state index is -5.01. The third kappa shape index (κ3) is 3.10. The molecule has 2 aromatic rings. The summed E-state index contributed by atoms with van der Waals surface area (Å²) in [4.78, 5) is 13.5. The van der Waals surface area contributed by atoms with Crippen molar-refractivity contribution in [1.82, 2.24) is 4.98 Å². The van der Waals surface area contributed by atoms with Crippen LogP contribution in [0, 0.1) is 0 Å². The first-order valence-corrected chi connectivity index (χ1v) is 5.60. The Morgan fingerprint density at radius 3 is 2.27 bits per heavy atom. The second kappa shape index (κ2) is 5.11. The summed E-state index contributed by atoms with van der Waals surface area (Å²) in [7, 11) is 0.859. The van der Waals surface area contributed by atoms with E-state index in [0.717, 1.165) is 19.2 Å². The number of rotatable bonds is 2. The molecule has 0 amide bonds. The summed E-state index contributed by atoms with van der Waals surface area (Å²) in [5, 5.41) is -0.388. The van der Waals surface area contributed by atoms with Gasteiger partial charge in [-0.3, -0.25) is 0 Å². The van der Waals surface area contributed by atoms with Gasteiger partial charge in [0.05, 0.1) is 12.7 Å². The molecule has 0 aliphatic rings. The first kappa shape index (κ1) is 16.0. The van der Waals surface area contributed by atoms with Crippen LogP contribution in [0.3, 0.4) is 0 Å². The fourth-order valence-corrected chi connectivity index (χ4v) is 1.89. The maximum absolute atomic E-state index is 12.9. The standard InChI is InChI=1S/C12H7F6NO3/c1-21-10(20)8-6-4-5(22-12(16,17)18)2-3-7(6)19-9(8)11(13,14)15/h2-4,19H,1H3. The highest BCUT2D eigenvalue weighted by atomic mass is 19.4. The lowest BCUT2D eigenvalue weighted by atomic mass is 10.1. The molecule has 0 spiro atoms. The maximum Gasteiger partial charge on any atom is 0.573 e. The van der Waals surface area contributed by atoms with Crippen molar-refractivity contribution in [2.45, 2.75) is 12.5 Å². The Morgan fingerprint density at radius 1 is 1.14 bits per heavy atom. The molecular formula is C12H7F6NO3. The fourth-order valence-electron chi connectivity index (χ4n) is 1.89. The number of hydrogen-bond acceptors (Lipinski definition) is 3. The lowest BCUT2D eigenvalue weighted by Crippen LogP contribution is -2.17. The van der Waals surface area contributed by atoms with E-state index in [1.54, 1.807) is 0 Å². The van der Waals surface area contributed by atoms with E-state index in [1.165, 1.54) is 0 Å². The molecule has 1 heterocycles. The lowest BCUT2D eigenvalue weighted by Gasteiger charge is -2.09. The normalized spacial score (nSPS) is 12.5. The predicted octanol–water partition coefficient (Wildman–Crippen LogP) is 3.87. The number of carbonyl (C=O) groups excluding carboxylic acids is 1. The number of ether oxygens (including phenoxy) is 2. The van der Waals surface area contributed by atoms with Gasteiger partial charge in [0.2, 0.25) is 0 Å². The van der Waals surface area contributed by atoms with Crippen molar-refractivity contribution in [1.29, 1.82) is 0 Å². The Bertz CT molecular complexity index is 716. The zero-order chi connectivity index (χ0) is 16.7. The van der Waals surface area contributed by atoms with Crippen LogP contribution in [0.15, 0.2) is 18.2 Å². The molecule has 0 fully saturated rings. The smallest absolute Gasteiger partial charge is 0.465 e. The van der Waals surface area contributed by atoms with Gasteiger partial charge in [0.15, 0.2) is 0 Å². The second-order valence-corrected chi connectivity index (χ2v) is 4.12. The molecular weight excluding hydrogens is 320 g/mol. The van der Waals surface area contributed by atoms with Crippen LogP contribution in [0.4, 0.5) is 26.3 Å². The first-order chi connectivity index (χ1) is 10.0. The van der Waals surface area contributed by atoms with Crippen LogP contribution < -0.4 is 4.74 Å². The van der Waals surface area contributed by atoms with Crippen molar-refractivity contribution in [3.63, 3.8) is 0 Å². The number of benzene rings is 1. The summed E-state index contributed by atoms with van der Waals surface area (Å²) >= 11 is 0. The molecule has 22 heavy (non-hydrogen) atoms. The number of fused-ring (bicyclic) bond motifs is 1. The molecule has 120 valence electrons. The molecule has 4 nitrogen and oxygen atoms in total. The topological polar surface area (TPSA) is 51.3 Å². The van der Waals surface area contributed by atoms with Gasteiger partial charge >= 0.3 is 18.5 Å². The maximum atomic E-state index is 12.9. The summed E-state index contributed by atoms with van der Waals surface area (Å²) in [6.45, 7) is 0. The van der Waals surface area contributed by atoms with Crippen LogP contribution >= 0.6 is 0 Å². The molecule has 1 aromatic heterocycles. The van der Waals surface area contributed by atoms with Gasteiger partial charge in [-0.05, 0) is 18.2 Å². The number of hydrogen-bond donors (Lipinski definition) is 1. The Labute approximate surface area is 118 Å². The number of alkyl halides is 6. The van der Waals surface area contributed by atoms with Gasteiger partial charge in [-0.25, -0.2) is 4.79 Å². The summed E-state index contributed by atoms with van der Waals surface area (Å²) < 4.78 is 83.1. The highest BCUT2D eigenvalue weighted by Gasteiger charge is 2.39. The Hall–Kier alpha value is -2.39. The van der Waals surface area contributed by atoms with Crippen LogP contribution in [0.5, 0.6) is 5.75 Å². The number of nitrogens with one attached hydrogen (secondary N) is 1. The van der Waals surface area contributed by atoms with E-state index in [4.69, 9.17) is 0 Å². The number of carbonyl (C=O) groups is 1. The van der Waals surface area contributed by atoms with Gasteiger partial charge in [-0.1, -0.05) is 0 Å². The number of aromatic nitrogens is 1. The number of halogens is 6. The van der Waals surface area contributed by atoms with Crippen molar-refractivity contribution in [3.05, 3.63) is 29.5 Å². The number of esters is 1. The Kier molecular flexibility index (Phi) is 3.71. The molecule has 0 aliphatic heterocycles. The lowest BCUT2D eigenvalue weighted by molar-refractivity contribution is -0.274. The van der Waals surface area contributed by atoms with Crippen molar-refractivity contribution >= 4 is 16.9 Å². The van der Waals surface area contributed by atoms with E-state index in [2.05, 4.69) is 9.47 Å². The van der Waals surface area contributed by atoms with Crippen LogP contribution in [0.1, 0.15) is 16.1 Å². The van der Waals surface area contributed by atoms with Gasteiger partial charge < -0.3 is 14.5 Å². The molecule has 0 saturated carbocycles. The Morgan fingerprint density at radius 2 is 1.77 bits per heavy atom. The molecule has 1 aromatic carbocycles. The summed E-state index contributed by atoms with van der Waals surface area (Å²) in [6, 6.07) is 2.45. The molecule has 0 atom stereocenters. The van der Waals surface area contributed by atoms with Crippen molar-refractivity contribution in [3.8, 4) is 5.75 Å². The molecule has 0 saturated heterocycles. The highest BCUT2D eigenvalue weighted by Crippen LogP contribution is 2.37. The van der Waals surface area contributed by atoms with Gasteiger partial charge in [0.25, 0.3) is 0 Å². The van der Waals surface area contributed by atoms with E-state index < -0.39 is 35.5 Å². The molecule has 10 heteroatoms. The van der Waals surface area contributed by atoms with Gasteiger partial charge in [0.1, 0.15) is 11.4 Å². The SMILES string of the molecule is COC(=O)c1c(C(F)(F)F)[nH]c2ccc(OC(F)(F)F)cc12. The molecule has 0 unspecified atom stereocenters. The summed E-state index contributed by atoms with van der Waals surface area (Å²) in [5.41, 5.74) is -2.49. The Balaban J connectivity index is 2.67. The molecule has 2 rings (SSSR count). The van der Waals surface area contributed by atoms with E-state index in [-0.39, 0.29) is 10.9 Å². The zero-order valence-electron chi connectivity index (χ0n) is 10.7. The van der Waals surface area contributed by atoms with E-state index >= 15 is 0 Å².